The standard InChI is InChI=1S/C17H26N2O/c1-13(2)16-11-17(12-18,8-10-20-16)19-9-7-14-5-3-4-6-15(14)19/h3-6,13,16H,7-12,18H2,1-2H3. The predicted molar refractivity (Wildman–Crippen MR) is 83.1 cm³/mol. The van der Waals surface area contributed by atoms with Gasteiger partial charge < -0.3 is 15.4 Å². The number of nitrogens with zero attached hydrogens (tertiary/aromatic N) is 1. The number of anilines is 1. The Labute approximate surface area is 122 Å². The normalized spacial score (nSPS) is 29.8. The van der Waals surface area contributed by atoms with Crippen LogP contribution in [0.2, 0.25) is 0 Å². The lowest BCUT2D eigenvalue weighted by molar-refractivity contribution is -0.0418. The Kier molecular flexibility index (Phi) is 3.74. The first-order valence-electron chi connectivity index (χ1n) is 7.83. The fraction of sp³-hybridized carbons (Fsp3) is 0.647. The second-order valence-electron chi connectivity index (χ2n) is 6.57. The number of benzene rings is 1. The lowest BCUT2D eigenvalue weighted by Gasteiger charge is -2.48. The van der Waals surface area contributed by atoms with Crippen molar-refractivity contribution >= 4 is 5.69 Å². The predicted octanol–water partition coefficient (Wildman–Crippen LogP) is 2.58. The van der Waals surface area contributed by atoms with Crippen LogP contribution < -0.4 is 10.6 Å². The molecule has 0 amide bonds. The van der Waals surface area contributed by atoms with Crippen molar-refractivity contribution in [3.05, 3.63) is 29.8 Å². The van der Waals surface area contributed by atoms with Crippen molar-refractivity contribution in [2.75, 3.05) is 24.6 Å². The summed E-state index contributed by atoms with van der Waals surface area (Å²) in [4.78, 5) is 2.57. The van der Waals surface area contributed by atoms with Crippen molar-refractivity contribution in [2.24, 2.45) is 11.7 Å². The second kappa shape index (κ2) is 5.38. The van der Waals surface area contributed by atoms with Gasteiger partial charge >= 0.3 is 0 Å². The van der Waals surface area contributed by atoms with Crippen LogP contribution in [-0.2, 0) is 11.2 Å². The topological polar surface area (TPSA) is 38.5 Å². The molecule has 0 bridgehead atoms. The third-order valence-electron chi connectivity index (χ3n) is 5.06. The van der Waals surface area contributed by atoms with Gasteiger partial charge in [0.25, 0.3) is 0 Å². The molecule has 110 valence electrons. The maximum atomic E-state index is 6.24. The zero-order chi connectivity index (χ0) is 14.2. The minimum Gasteiger partial charge on any atom is -0.378 e. The van der Waals surface area contributed by atoms with Gasteiger partial charge in [-0.2, -0.15) is 0 Å². The van der Waals surface area contributed by atoms with Gasteiger partial charge in [0.05, 0.1) is 11.6 Å². The van der Waals surface area contributed by atoms with Gasteiger partial charge in [0, 0.05) is 25.4 Å². The number of rotatable bonds is 3. The highest BCUT2D eigenvalue weighted by Crippen LogP contribution is 2.40. The van der Waals surface area contributed by atoms with E-state index in [9.17, 15) is 0 Å². The monoisotopic (exact) mass is 274 g/mol. The van der Waals surface area contributed by atoms with Gasteiger partial charge in [0.2, 0.25) is 0 Å². The zero-order valence-corrected chi connectivity index (χ0v) is 12.6. The molecule has 1 saturated heterocycles. The molecule has 0 aliphatic carbocycles. The van der Waals surface area contributed by atoms with E-state index in [4.69, 9.17) is 10.5 Å². The van der Waals surface area contributed by atoms with E-state index in [0.29, 0.717) is 18.6 Å². The molecule has 2 N–H and O–H groups in total. The van der Waals surface area contributed by atoms with Crippen LogP contribution in [0.3, 0.4) is 0 Å². The van der Waals surface area contributed by atoms with E-state index in [-0.39, 0.29) is 5.54 Å². The number of fused-ring (bicyclic) bond motifs is 1. The van der Waals surface area contributed by atoms with E-state index in [1.54, 1.807) is 0 Å². The third-order valence-corrected chi connectivity index (χ3v) is 5.06. The van der Waals surface area contributed by atoms with Gasteiger partial charge in [-0.1, -0.05) is 32.0 Å². The summed E-state index contributed by atoms with van der Waals surface area (Å²) in [7, 11) is 0. The number of hydrogen-bond donors (Lipinski definition) is 1. The van der Waals surface area contributed by atoms with E-state index < -0.39 is 0 Å². The van der Waals surface area contributed by atoms with Crippen LogP contribution in [0.25, 0.3) is 0 Å². The summed E-state index contributed by atoms with van der Waals surface area (Å²) >= 11 is 0. The molecule has 2 heterocycles. The van der Waals surface area contributed by atoms with Crippen LogP contribution in [-0.4, -0.2) is 31.3 Å². The van der Waals surface area contributed by atoms with Crippen LogP contribution in [0.5, 0.6) is 0 Å². The first-order valence-corrected chi connectivity index (χ1v) is 7.83. The van der Waals surface area contributed by atoms with Crippen LogP contribution in [0.1, 0.15) is 32.3 Å². The molecule has 0 radical (unpaired) electrons. The molecule has 20 heavy (non-hydrogen) atoms. The molecule has 1 fully saturated rings. The van der Waals surface area contributed by atoms with Crippen molar-refractivity contribution in [1.29, 1.82) is 0 Å². The number of nitrogens with two attached hydrogens (primary N) is 1. The maximum Gasteiger partial charge on any atom is 0.0620 e. The van der Waals surface area contributed by atoms with Gasteiger partial charge in [-0.3, -0.25) is 0 Å². The number of ether oxygens (including phenoxy) is 1. The summed E-state index contributed by atoms with van der Waals surface area (Å²) in [6, 6.07) is 8.78. The fourth-order valence-electron chi connectivity index (χ4n) is 3.74. The third kappa shape index (κ3) is 2.23. The highest BCUT2D eigenvalue weighted by atomic mass is 16.5. The Hall–Kier alpha value is -1.06. The molecule has 0 aromatic heterocycles. The maximum absolute atomic E-state index is 6.24. The van der Waals surface area contributed by atoms with Crippen LogP contribution in [0, 0.1) is 5.92 Å². The van der Waals surface area contributed by atoms with Gasteiger partial charge in [0.1, 0.15) is 0 Å². The summed E-state index contributed by atoms with van der Waals surface area (Å²) in [5.74, 6) is 0.555. The van der Waals surface area contributed by atoms with Gasteiger partial charge in [0.15, 0.2) is 0 Å². The molecular weight excluding hydrogens is 248 g/mol. The highest BCUT2D eigenvalue weighted by Gasteiger charge is 2.43. The fourth-order valence-corrected chi connectivity index (χ4v) is 3.74. The van der Waals surface area contributed by atoms with E-state index in [0.717, 1.165) is 32.4 Å². The average Bonchev–Trinajstić information content (AvgIpc) is 2.91. The molecule has 0 spiro atoms. The van der Waals surface area contributed by atoms with Gasteiger partial charge in [-0.15, -0.1) is 0 Å². The van der Waals surface area contributed by atoms with Crippen molar-refractivity contribution in [1.82, 2.24) is 0 Å². The molecule has 2 aliphatic heterocycles. The van der Waals surface area contributed by atoms with Crippen molar-refractivity contribution in [3.8, 4) is 0 Å². The summed E-state index contributed by atoms with van der Waals surface area (Å²) in [5, 5.41) is 0. The Morgan fingerprint density at radius 3 is 2.95 bits per heavy atom. The minimum atomic E-state index is 0.0831. The Morgan fingerprint density at radius 2 is 2.20 bits per heavy atom. The SMILES string of the molecule is CC(C)C1CC(CN)(N2CCc3ccccc32)CCO1. The smallest absolute Gasteiger partial charge is 0.0620 e. The van der Waals surface area contributed by atoms with Crippen LogP contribution >= 0.6 is 0 Å². The van der Waals surface area contributed by atoms with E-state index >= 15 is 0 Å². The number of hydrogen-bond acceptors (Lipinski definition) is 3. The first kappa shape index (κ1) is 13.9. The van der Waals surface area contributed by atoms with E-state index in [2.05, 4.69) is 43.0 Å². The van der Waals surface area contributed by atoms with E-state index in [1.807, 2.05) is 0 Å². The largest absolute Gasteiger partial charge is 0.378 e. The second-order valence-corrected chi connectivity index (χ2v) is 6.57. The van der Waals surface area contributed by atoms with Gasteiger partial charge in [-0.25, -0.2) is 0 Å². The Bertz CT molecular complexity index is 474. The average molecular weight is 274 g/mol. The van der Waals surface area contributed by atoms with Crippen LogP contribution in [0.15, 0.2) is 24.3 Å². The molecule has 3 nitrogen and oxygen atoms in total. The Balaban J connectivity index is 1.90. The molecule has 0 saturated carbocycles. The summed E-state index contributed by atoms with van der Waals surface area (Å²) in [6.45, 7) is 7.14. The molecule has 3 rings (SSSR count). The molecule has 2 aliphatic rings. The van der Waals surface area contributed by atoms with Crippen molar-refractivity contribution < 1.29 is 4.74 Å². The number of para-hydroxylation sites is 1. The van der Waals surface area contributed by atoms with Crippen molar-refractivity contribution in [3.63, 3.8) is 0 Å². The molecule has 2 unspecified atom stereocenters. The summed E-state index contributed by atoms with van der Waals surface area (Å²) in [5.41, 5.74) is 9.18. The Morgan fingerprint density at radius 1 is 1.40 bits per heavy atom. The molecule has 2 atom stereocenters. The molecule has 3 heteroatoms. The van der Waals surface area contributed by atoms with Crippen LogP contribution in [0.4, 0.5) is 5.69 Å². The lowest BCUT2D eigenvalue weighted by Crippen LogP contribution is -2.59. The minimum absolute atomic E-state index is 0.0831. The zero-order valence-electron chi connectivity index (χ0n) is 12.6. The van der Waals surface area contributed by atoms with Crippen molar-refractivity contribution in [2.45, 2.75) is 44.8 Å². The summed E-state index contributed by atoms with van der Waals surface area (Å²) in [6.07, 6.45) is 3.57. The first-order chi connectivity index (χ1) is 9.66. The molecular formula is C17H26N2O. The van der Waals surface area contributed by atoms with Gasteiger partial charge in [-0.05, 0) is 36.8 Å². The van der Waals surface area contributed by atoms with E-state index in [1.165, 1.54) is 11.3 Å². The quantitative estimate of drug-likeness (QED) is 0.920. The molecule has 1 aromatic carbocycles. The lowest BCUT2D eigenvalue weighted by atomic mass is 9.81. The molecule has 1 aromatic rings. The summed E-state index contributed by atoms with van der Waals surface area (Å²) < 4.78 is 5.96. The highest BCUT2D eigenvalue weighted by molar-refractivity contribution is 5.60.